The van der Waals surface area contributed by atoms with Crippen LogP contribution in [0.4, 0.5) is 0 Å². The average Bonchev–Trinajstić information content (AvgIpc) is 2.42. The van der Waals surface area contributed by atoms with Gasteiger partial charge in [-0.15, -0.1) is 0 Å². The summed E-state index contributed by atoms with van der Waals surface area (Å²) >= 11 is 0. The molecule has 0 radical (unpaired) electrons. The van der Waals surface area contributed by atoms with E-state index >= 15 is 0 Å². The third kappa shape index (κ3) is 6.08. The zero-order valence-corrected chi connectivity index (χ0v) is 13.9. The molecule has 2 atom stereocenters. The number of hydrogen-bond donors (Lipinski definition) is 1. The highest BCUT2D eigenvalue weighted by Crippen LogP contribution is 2.39. The molecule has 0 heterocycles. The number of methoxy groups -OCH3 is 2. The third-order valence-electron chi connectivity index (χ3n) is 4.52. The van der Waals surface area contributed by atoms with Crippen molar-refractivity contribution in [1.82, 2.24) is 10.2 Å². The highest BCUT2D eigenvalue weighted by Gasteiger charge is 2.35. The minimum absolute atomic E-state index is 0.425. The van der Waals surface area contributed by atoms with Crippen molar-refractivity contribution in [1.29, 1.82) is 0 Å². The molecule has 0 bridgehead atoms. The van der Waals surface area contributed by atoms with Crippen molar-refractivity contribution in [3.05, 3.63) is 0 Å². The Kier molecular flexibility index (Phi) is 8.69. The Labute approximate surface area is 125 Å². The summed E-state index contributed by atoms with van der Waals surface area (Å²) in [6.45, 7) is 8.28. The van der Waals surface area contributed by atoms with E-state index < -0.39 is 0 Å². The normalized spacial score (nSPS) is 27.1. The fourth-order valence-corrected chi connectivity index (χ4v) is 3.69. The van der Waals surface area contributed by atoms with Crippen molar-refractivity contribution in [2.75, 3.05) is 60.7 Å². The van der Waals surface area contributed by atoms with Crippen molar-refractivity contribution in [2.24, 2.45) is 11.3 Å². The van der Waals surface area contributed by atoms with E-state index in [-0.39, 0.29) is 0 Å². The van der Waals surface area contributed by atoms with Gasteiger partial charge in [-0.2, -0.15) is 0 Å². The maximum absolute atomic E-state index is 5.26. The Balaban J connectivity index is 2.62. The molecule has 1 N–H and O–H groups in total. The second kappa shape index (κ2) is 9.72. The van der Waals surface area contributed by atoms with Crippen LogP contribution in [-0.4, -0.2) is 65.6 Å². The van der Waals surface area contributed by atoms with Gasteiger partial charge in [-0.05, 0) is 31.2 Å². The highest BCUT2D eigenvalue weighted by molar-refractivity contribution is 4.89. The molecule has 0 aliphatic heterocycles. The molecule has 4 heteroatoms. The maximum Gasteiger partial charge on any atom is 0.0589 e. The molecular weight excluding hydrogens is 252 g/mol. The van der Waals surface area contributed by atoms with Crippen LogP contribution in [0, 0.1) is 11.3 Å². The first-order valence-corrected chi connectivity index (χ1v) is 8.00. The van der Waals surface area contributed by atoms with Gasteiger partial charge in [0.05, 0.1) is 13.2 Å². The van der Waals surface area contributed by atoms with Crippen LogP contribution in [0.15, 0.2) is 0 Å². The molecule has 1 aliphatic rings. The smallest absolute Gasteiger partial charge is 0.0589 e. The predicted octanol–water partition coefficient (Wildman–Crippen LogP) is 2.00. The van der Waals surface area contributed by atoms with Gasteiger partial charge in [0, 0.05) is 40.4 Å². The third-order valence-corrected chi connectivity index (χ3v) is 4.52. The molecule has 0 spiro atoms. The lowest BCUT2D eigenvalue weighted by atomic mass is 9.69. The Hall–Kier alpha value is -0.160. The summed E-state index contributed by atoms with van der Waals surface area (Å²) in [4.78, 5) is 2.52. The minimum atomic E-state index is 0.425. The van der Waals surface area contributed by atoms with Gasteiger partial charge in [0.2, 0.25) is 0 Å². The van der Waals surface area contributed by atoms with Gasteiger partial charge in [-0.25, -0.2) is 0 Å². The predicted molar refractivity (Wildman–Crippen MR) is 84.2 cm³/mol. The summed E-state index contributed by atoms with van der Waals surface area (Å²) < 4.78 is 10.5. The SMILES string of the molecule is CNCC1(CN(CCOC)CCOC)CCCC(C)C1. The van der Waals surface area contributed by atoms with Gasteiger partial charge in [-0.1, -0.05) is 19.8 Å². The van der Waals surface area contributed by atoms with E-state index in [0.29, 0.717) is 5.41 Å². The van der Waals surface area contributed by atoms with E-state index in [1.54, 1.807) is 14.2 Å². The Morgan fingerprint density at radius 2 is 1.85 bits per heavy atom. The second-order valence-corrected chi connectivity index (χ2v) is 6.49. The summed E-state index contributed by atoms with van der Waals surface area (Å²) in [5.41, 5.74) is 0.425. The molecule has 4 nitrogen and oxygen atoms in total. The van der Waals surface area contributed by atoms with Crippen molar-refractivity contribution in [3.8, 4) is 0 Å². The van der Waals surface area contributed by atoms with Crippen LogP contribution in [0.5, 0.6) is 0 Å². The first-order valence-electron chi connectivity index (χ1n) is 8.00. The van der Waals surface area contributed by atoms with E-state index in [4.69, 9.17) is 9.47 Å². The summed E-state index contributed by atoms with van der Waals surface area (Å²) in [6, 6.07) is 0. The van der Waals surface area contributed by atoms with Gasteiger partial charge in [-0.3, -0.25) is 4.90 Å². The van der Waals surface area contributed by atoms with Crippen LogP contribution in [0.1, 0.15) is 32.6 Å². The number of nitrogens with one attached hydrogen (secondary N) is 1. The molecule has 1 aliphatic carbocycles. The standard InChI is InChI=1S/C16H34N2O2/c1-15-6-5-7-16(12-15,13-17-2)14-18(8-10-19-3)9-11-20-4/h15,17H,5-14H2,1-4H3. The van der Waals surface area contributed by atoms with Crippen LogP contribution in [0.2, 0.25) is 0 Å². The quantitative estimate of drug-likeness (QED) is 0.666. The van der Waals surface area contributed by atoms with Crippen LogP contribution in [0.25, 0.3) is 0 Å². The fraction of sp³-hybridized carbons (Fsp3) is 1.00. The van der Waals surface area contributed by atoms with Crippen molar-refractivity contribution >= 4 is 0 Å². The van der Waals surface area contributed by atoms with E-state index in [1.807, 2.05) is 0 Å². The number of ether oxygens (including phenoxy) is 2. The van der Waals surface area contributed by atoms with Crippen molar-refractivity contribution in [3.63, 3.8) is 0 Å². The first kappa shape index (κ1) is 17.9. The van der Waals surface area contributed by atoms with Crippen molar-refractivity contribution < 1.29 is 9.47 Å². The molecule has 0 aromatic carbocycles. The summed E-state index contributed by atoms with van der Waals surface area (Å²) in [7, 11) is 5.64. The number of rotatable bonds is 10. The van der Waals surface area contributed by atoms with Crippen LogP contribution in [0.3, 0.4) is 0 Å². The second-order valence-electron chi connectivity index (χ2n) is 6.49. The monoisotopic (exact) mass is 286 g/mol. The Bertz CT molecular complexity index is 239. The fourth-order valence-electron chi connectivity index (χ4n) is 3.69. The van der Waals surface area contributed by atoms with E-state index in [2.05, 4.69) is 24.2 Å². The molecule has 1 saturated carbocycles. The summed E-state index contributed by atoms with van der Waals surface area (Å²) in [6.07, 6.45) is 5.44. The Morgan fingerprint density at radius 1 is 1.20 bits per heavy atom. The molecule has 0 aromatic rings. The lowest BCUT2D eigenvalue weighted by molar-refractivity contribution is 0.0498. The van der Waals surface area contributed by atoms with E-state index in [9.17, 15) is 0 Å². The largest absolute Gasteiger partial charge is 0.383 e. The lowest BCUT2D eigenvalue weighted by Crippen LogP contribution is -2.47. The molecule has 1 rings (SSSR count). The van der Waals surface area contributed by atoms with Crippen molar-refractivity contribution in [2.45, 2.75) is 32.6 Å². The molecule has 2 unspecified atom stereocenters. The molecule has 0 amide bonds. The van der Waals surface area contributed by atoms with Crippen LogP contribution in [-0.2, 0) is 9.47 Å². The summed E-state index contributed by atoms with van der Waals surface area (Å²) in [5, 5.41) is 3.43. The number of hydrogen-bond acceptors (Lipinski definition) is 4. The zero-order valence-electron chi connectivity index (χ0n) is 13.9. The molecule has 0 saturated heterocycles. The van der Waals surface area contributed by atoms with Gasteiger partial charge in [0.1, 0.15) is 0 Å². The molecule has 1 fully saturated rings. The molecule has 120 valence electrons. The molecule has 20 heavy (non-hydrogen) atoms. The van der Waals surface area contributed by atoms with E-state index in [0.717, 1.165) is 45.3 Å². The van der Waals surface area contributed by atoms with Gasteiger partial charge >= 0.3 is 0 Å². The average molecular weight is 286 g/mol. The zero-order chi connectivity index (χ0) is 14.8. The van der Waals surface area contributed by atoms with E-state index in [1.165, 1.54) is 25.7 Å². The maximum atomic E-state index is 5.26. The summed E-state index contributed by atoms with van der Waals surface area (Å²) in [5.74, 6) is 0.851. The van der Waals surface area contributed by atoms with Crippen LogP contribution >= 0.6 is 0 Å². The first-order chi connectivity index (χ1) is 9.65. The minimum Gasteiger partial charge on any atom is -0.383 e. The molecule has 0 aromatic heterocycles. The topological polar surface area (TPSA) is 33.7 Å². The van der Waals surface area contributed by atoms with Gasteiger partial charge < -0.3 is 14.8 Å². The van der Waals surface area contributed by atoms with Gasteiger partial charge in [0.25, 0.3) is 0 Å². The molecular formula is C16H34N2O2. The number of nitrogens with zero attached hydrogens (tertiary/aromatic N) is 1. The van der Waals surface area contributed by atoms with Crippen LogP contribution < -0.4 is 5.32 Å². The highest BCUT2D eigenvalue weighted by atomic mass is 16.5. The lowest BCUT2D eigenvalue weighted by Gasteiger charge is -2.43. The van der Waals surface area contributed by atoms with Gasteiger partial charge in [0.15, 0.2) is 0 Å². The Morgan fingerprint density at radius 3 is 2.35 bits per heavy atom.